The normalized spacial score (nSPS) is 22.8. The minimum Gasteiger partial charge on any atom is -0.337 e. The van der Waals surface area contributed by atoms with Crippen molar-refractivity contribution >= 4 is 5.91 Å². The molecule has 0 aromatic heterocycles. The summed E-state index contributed by atoms with van der Waals surface area (Å²) in [5.74, 6) is -0.702. The fraction of sp³-hybridized carbons (Fsp3) is 0.875. The van der Waals surface area contributed by atoms with Crippen LogP contribution < -0.4 is 5.32 Å². The van der Waals surface area contributed by atoms with Crippen LogP contribution in [0.2, 0.25) is 0 Å². The maximum atomic E-state index is 12.0. The van der Waals surface area contributed by atoms with Crippen molar-refractivity contribution in [2.75, 3.05) is 26.7 Å². The molecule has 1 N–H and O–H groups in total. The van der Waals surface area contributed by atoms with Gasteiger partial charge in [-0.3, -0.25) is 4.79 Å². The van der Waals surface area contributed by atoms with Gasteiger partial charge in [-0.1, -0.05) is 0 Å². The first kappa shape index (κ1) is 10.4. The molecule has 76 valence electrons. The Balaban J connectivity index is 2.36. The van der Waals surface area contributed by atoms with Crippen LogP contribution in [0, 0.1) is 5.92 Å². The lowest BCUT2D eigenvalue weighted by Gasteiger charge is -2.15. The predicted octanol–water partition coefficient (Wildman–Crippen LogP) is 0.319. The molecule has 1 heterocycles. The van der Waals surface area contributed by atoms with Crippen molar-refractivity contribution in [3.05, 3.63) is 0 Å². The zero-order valence-corrected chi connectivity index (χ0v) is 7.59. The highest BCUT2D eigenvalue weighted by Crippen LogP contribution is 2.17. The van der Waals surface area contributed by atoms with Crippen LogP contribution in [0.1, 0.15) is 6.42 Å². The second-order valence-corrected chi connectivity index (χ2v) is 3.30. The highest BCUT2D eigenvalue weighted by Gasteiger charge is 2.30. The van der Waals surface area contributed by atoms with Crippen molar-refractivity contribution in [2.45, 2.75) is 12.8 Å². The van der Waals surface area contributed by atoms with Gasteiger partial charge in [0.05, 0.1) is 0 Å². The number of nitrogens with one attached hydrogen (secondary N) is 1. The van der Waals surface area contributed by atoms with E-state index in [1.807, 2.05) is 7.05 Å². The number of carbonyl (C=O) groups is 1. The van der Waals surface area contributed by atoms with Crippen molar-refractivity contribution in [1.29, 1.82) is 0 Å². The summed E-state index contributed by atoms with van der Waals surface area (Å²) < 4.78 is 24.0. The summed E-state index contributed by atoms with van der Waals surface area (Å²) in [7, 11) is 1.82. The van der Waals surface area contributed by atoms with E-state index in [0.29, 0.717) is 19.0 Å². The van der Waals surface area contributed by atoms with Gasteiger partial charge in [-0.05, 0) is 25.9 Å². The van der Waals surface area contributed by atoms with Gasteiger partial charge in [-0.25, -0.2) is 0 Å². The number of amides is 1. The zero-order chi connectivity index (χ0) is 9.84. The average Bonchev–Trinajstić information content (AvgIpc) is 2.52. The average molecular weight is 192 g/mol. The smallest absolute Gasteiger partial charge is 0.315 e. The van der Waals surface area contributed by atoms with Crippen LogP contribution >= 0.6 is 0 Å². The first-order chi connectivity index (χ1) is 6.15. The molecule has 1 unspecified atom stereocenters. The minimum atomic E-state index is -2.85. The number of likely N-dealkylation sites (tertiary alicyclic amines) is 1. The Morgan fingerprint density at radius 3 is 2.92 bits per heavy atom. The Kier molecular flexibility index (Phi) is 3.59. The molecule has 3 nitrogen and oxygen atoms in total. The first-order valence-electron chi connectivity index (χ1n) is 4.36. The Morgan fingerprint density at radius 2 is 2.38 bits per heavy atom. The highest BCUT2D eigenvalue weighted by molar-refractivity contribution is 5.79. The Morgan fingerprint density at radius 1 is 1.69 bits per heavy atom. The fourth-order valence-electron chi connectivity index (χ4n) is 1.63. The van der Waals surface area contributed by atoms with Crippen molar-refractivity contribution in [2.24, 2.45) is 5.92 Å². The monoisotopic (exact) mass is 192 g/mol. The Labute approximate surface area is 76.1 Å². The Hall–Kier alpha value is -0.710. The van der Waals surface area contributed by atoms with Gasteiger partial charge in [0.1, 0.15) is 0 Å². The molecule has 0 radical (unpaired) electrons. The number of hydrogen-bond acceptors (Lipinski definition) is 2. The van der Waals surface area contributed by atoms with E-state index in [2.05, 4.69) is 5.32 Å². The molecule has 0 aromatic rings. The molecule has 0 aliphatic carbocycles. The number of carbonyl (C=O) groups excluding carboxylic acids is 1. The largest absolute Gasteiger partial charge is 0.337 e. The number of hydrogen-bond donors (Lipinski definition) is 1. The molecule has 1 amide bonds. The molecule has 0 spiro atoms. The lowest BCUT2D eigenvalue weighted by atomic mass is 10.1. The third kappa shape index (κ3) is 2.62. The van der Waals surface area contributed by atoms with Crippen LogP contribution in [-0.4, -0.2) is 43.9 Å². The predicted molar refractivity (Wildman–Crippen MR) is 44.6 cm³/mol. The number of halogens is 2. The second kappa shape index (κ2) is 4.50. The van der Waals surface area contributed by atoms with Gasteiger partial charge >= 0.3 is 6.43 Å². The van der Waals surface area contributed by atoms with Crippen LogP contribution in [0.25, 0.3) is 0 Å². The van der Waals surface area contributed by atoms with E-state index in [1.165, 1.54) is 4.90 Å². The molecule has 13 heavy (non-hydrogen) atoms. The quantitative estimate of drug-likeness (QED) is 0.698. The van der Waals surface area contributed by atoms with Crippen LogP contribution in [0.4, 0.5) is 8.78 Å². The lowest BCUT2D eigenvalue weighted by Crippen LogP contribution is -2.34. The van der Waals surface area contributed by atoms with Crippen LogP contribution in [0.3, 0.4) is 0 Å². The standard InChI is InChI=1S/C8H14F2N2O/c1-11-4-6-2-3-12(5-6)8(13)7(9)10/h6-7,11H,2-5H2,1H3. The molecule has 1 rings (SSSR count). The molecular formula is C8H14F2N2O. The van der Waals surface area contributed by atoms with Gasteiger partial charge in [0.15, 0.2) is 0 Å². The molecule has 1 atom stereocenters. The van der Waals surface area contributed by atoms with Gasteiger partial charge in [0.2, 0.25) is 0 Å². The number of rotatable bonds is 3. The first-order valence-corrected chi connectivity index (χ1v) is 4.36. The molecule has 1 saturated heterocycles. The minimum absolute atomic E-state index is 0.327. The number of alkyl halides is 2. The van der Waals surface area contributed by atoms with E-state index in [1.54, 1.807) is 0 Å². The van der Waals surface area contributed by atoms with E-state index < -0.39 is 12.3 Å². The second-order valence-electron chi connectivity index (χ2n) is 3.30. The molecule has 0 aromatic carbocycles. The van der Waals surface area contributed by atoms with E-state index in [-0.39, 0.29) is 0 Å². The van der Waals surface area contributed by atoms with Crippen molar-refractivity contribution < 1.29 is 13.6 Å². The van der Waals surface area contributed by atoms with Gasteiger partial charge in [0, 0.05) is 13.1 Å². The van der Waals surface area contributed by atoms with E-state index in [0.717, 1.165) is 13.0 Å². The van der Waals surface area contributed by atoms with Crippen LogP contribution in [0.15, 0.2) is 0 Å². The summed E-state index contributed by atoms with van der Waals surface area (Å²) in [6.07, 6.45) is -2.03. The molecule has 0 bridgehead atoms. The van der Waals surface area contributed by atoms with Crippen molar-refractivity contribution in [3.8, 4) is 0 Å². The zero-order valence-electron chi connectivity index (χ0n) is 7.59. The maximum Gasteiger partial charge on any atom is 0.315 e. The summed E-state index contributed by atoms with van der Waals surface area (Å²) in [6.45, 7) is 1.71. The SMILES string of the molecule is CNCC1CCN(C(=O)C(F)F)C1. The summed E-state index contributed by atoms with van der Waals surface area (Å²) in [4.78, 5) is 12.1. The molecule has 1 aliphatic rings. The van der Waals surface area contributed by atoms with Gasteiger partial charge in [-0.15, -0.1) is 0 Å². The maximum absolute atomic E-state index is 12.0. The van der Waals surface area contributed by atoms with Crippen molar-refractivity contribution in [1.82, 2.24) is 10.2 Å². The lowest BCUT2D eigenvalue weighted by molar-refractivity contribution is -0.141. The molecule has 1 fully saturated rings. The van der Waals surface area contributed by atoms with Gasteiger partial charge in [-0.2, -0.15) is 8.78 Å². The van der Waals surface area contributed by atoms with Crippen LogP contribution in [0.5, 0.6) is 0 Å². The van der Waals surface area contributed by atoms with Crippen LogP contribution in [-0.2, 0) is 4.79 Å². The topological polar surface area (TPSA) is 32.3 Å². The summed E-state index contributed by atoms with van der Waals surface area (Å²) >= 11 is 0. The van der Waals surface area contributed by atoms with E-state index in [4.69, 9.17) is 0 Å². The summed E-state index contributed by atoms with van der Waals surface area (Å²) in [5.41, 5.74) is 0. The summed E-state index contributed by atoms with van der Waals surface area (Å²) in [6, 6.07) is 0. The molecule has 0 saturated carbocycles. The molecular weight excluding hydrogens is 178 g/mol. The van der Waals surface area contributed by atoms with E-state index in [9.17, 15) is 13.6 Å². The number of nitrogens with zero attached hydrogens (tertiary/aromatic N) is 1. The third-order valence-corrected chi connectivity index (χ3v) is 2.28. The summed E-state index contributed by atoms with van der Waals surface area (Å²) in [5, 5.41) is 2.97. The third-order valence-electron chi connectivity index (χ3n) is 2.28. The van der Waals surface area contributed by atoms with Gasteiger partial charge < -0.3 is 10.2 Å². The highest BCUT2D eigenvalue weighted by atomic mass is 19.3. The van der Waals surface area contributed by atoms with Crippen molar-refractivity contribution in [3.63, 3.8) is 0 Å². The molecule has 1 aliphatic heterocycles. The molecule has 5 heteroatoms. The Bertz CT molecular complexity index is 187. The van der Waals surface area contributed by atoms with Gasteiger partial charge in [0.25, 0.3) is 5.91 Å². The van der Waals surface area contributed by atoms with E-state index >= 15 is 0 Å². The fourth-order valence-corrected chi connectivity index (χ4v) is 1.63.